The van der Waals surface area contributed by atoms with Gasteiger partial charge in [0.1, 0.15) is 5.60 Å². The van der Waals surface area contributed by atoms with Gasteiger partial charge in [-0.3, -0.25) is 0 Å². The maximum Gasteiger partial charge on any atom is 0.407 e. The van der Waals surface area contributed by atoms with E-state index in [9.17, 15) is 4.79 Å². The van der Waals surface area contributed by atoms with Crippen molar-refractivity contribution in [2.75, 3.05) is 20.1 Å². The Balaban J connectivity index is 2.39. The summed E-state index contributed by atoms with van der Waals surface area (Å²) in [7, 11) is 2.03. The highest BCUT2D eigenvalue weighted by molar-refractivity contribution is 5.68. The minimum Gasteiger partial charge on any atom is -0.444 e. The maximum atomic E-state index is 11.6. The van der Waals surface area contributed by atoms with Crippen molar-refractivity contribution >= 4 is 6.09 Å². The van der Waals surface area contributed by atoms with Crippen LogP contribution in [0.3, 0.4) is 0 Å². The topological polar surface area (TPSA) is 67.6 Å². The van der Waals surface area contributed by atoms with Crippen LogP contribution < -0.4 is 11.1 Å². The van der Waals surface area contributed by atoms with Crippen molar-refractivity contribution in [3.05, 3.63) is 0 Å². The van der Waals surface area contributed by atoms with Gasteiger partial charge in [0.05, 0.1) is 0 Å². The van der Waals surface area contributed by atoms with Crippen LogP contribution in [0.15, 0.2) is 0 Å². The number of nitrogens with one attached hydrogen (secondary N) is 1. The van der Waals surface area contributed by atoms with Crippen molar-refractivity contribution in [2.24, 2.45) is 5.73 Å². The summed E-state index contributed by atoms with van der Waals surface area (Å²) in [5.41, 5.74) is 5.51. The Morgan fingerprint density at radius 2 is 2.12 bits per heavy atom. The molecule has 0 aromatic carbocycles. The fourth-order valence-corrected chi connectivity index (χ4v) is 1.79. The summed E-state index contributed by atoms with van der Waals surface area (Å²) >= 11 is 0. The summed E-state index contributed by atoms with van der Waals surface area (Å²) in [5, 5.41) is 2.83. The van der Waals surface area contributed by atoms with Gasteiger partial charge in [0, 0.05) is 18.6 Å². The maximum absolute atomic E-state index is 11.6. The number of nitrogens with zero attached hydrogens (tertiary/aromatic N) is 1. The van der Waals surface area contributed by atoms with E-state index in [1.807, 2.05) is 27.8 Å². The van der Waals surface area contributed by atoms with Crippen LogP contribution in [0.2, 0.25) is 0 Å². The van der Waals surface area contributed by atoms with Gasteiger partial charge in [0.2, 0.25) is 0 Å². The van der Waals surface area contributed by atoms with Gasteiger partial charge in [-0.05, 0) is 40.8 Å². The molecule has 0 saturated carbocycles. The monoisotopic (exact) mass is 229 g/mol. The highest BCUT2D eigenvalue weighted by atomic mass is 16.6. The molecular weight excluding hydrogens is 206 g/mol. The molecule has 1 fully saturated rings. The second-order valence-corrected chi connectivity index (χ2v) is 5.47. The van der Waals surface area contributed by atoms with E-state index in [2.05, 4.69) is 10.2 Å². The van der Waals surface area contributed by atoms with Crippen LogP contribution in [0.5, 0.6) is 0 Å². The predicted octanol–water partition coefficient (Wildman–Crippen LogP) is 0.543. The van der Waals surface area contributed by atoms with E-state index < -0.39 is 5.60 Å². The number of amides is 1. The molecule has 1 aliphatic rings. The molecule has 5 heteroatoms. The number of likely N-dealkylation sites (N-methyl/N-ethyl adjacent to an activating group) is 1. The first kappa shape index (κ1) is 13.3. The van der Waals surface area contributed by atoms with E-state index in [4.69, 9.17) is 10.5 Å². The number of hydrogen-bond donors (Lipinski definition) is 2. The zero-order chi connectivity index (χ0) is 12.3. The van der Waals surface area contributed by atoms with Gasteiger partial charge < -0.3 is 20.7 Å². The van der Waals surface area contributed by atoms with Crippen LogP contribution in [0.1, 0.15) is 27.2 Å². The number of hydrogen-bond acceptors (Lipinski definition) is 4. The van der Waals surface area contributed by atoms with E-state index in [1.54, 1.807) is 0 Å². The molecule has 0 spiro atoms. The third-order valence-electron chi connectivity index (χ3n) is 2.56. The third-order valence-corrected chi connectivity index (χ3v) is 2.56. The van der Waals surface area contributed by atoms with Gasteiger partial charge in [0.25, 0.3) is 0 Å². The van der Waals surface area contributed by atoms with Crippen molar-refractivity contribution in [3.63, 3.8) is 0 Å². The Morgan fingerprint density at radius 3 is 2.62 bits per heavy atom. The quantitative estimate of drug-likeness (QED) is 0.689. The molecule has 1 rings (SSSR count). The van der Waals surface area contributed by atoms with E-state index in [-0.39, 0.29) is 18.2 Å². The minimum absolute atomic E-state index is 0.0195. The molecule has 0 unspecified atom stereocenters. The molecule has 3 N–H and O–H groups in total. The number of carbonyl (C=O) groups is 1. The summed E-state index contributed by atoms with van der Waals surface area (Å²) in [4.78, 5) is 13.7. The molecule has 5 nitrogen and oxygen atoms in total. The Kier molecular flexibility index (Phi) is 4.15. The summed E-state index contributed by atoms with van der Waals surface area (Å²) in [5.74, 6) is 0. The highest BCUT2D eigenvalue weighted by Crippen LogP contribution is 2.10. The molecule has 0 aliphatic carbocycles. The number of alkyl carbamates (subject to hydrolysis) is 1. The van der Waals surface area contributed by atoms with Crippen LogP contribution in [-0.2, 0) is 4.74 Å². The number of ether oxygens (including phenoxy) is 1. The molecule has 94 valence electrons. The fraction of sp³-hybridized carbons (Fsp3) is 0.909. The number of likely N-dealkylation sites (tertiary alicyclic amines) is 1. The zero-order valence-corrected chi connectivity index (χ0v) is 10.6. The largest absolute Gasteiger partial charge is 0.444 e. The van der Waals surface area contributed by atoms with Crippen molar-refractivity contribution in [1.29, 1.82) is 0 Å². The fourth-order valence-electron chi connectivity index (χ4n) is 1.79. The predicted molar refractivity (Wildman–Crippen MR) is 63.2 cm³/mol. The van der Waals surface area contributed by atoms with Gasteiger partial charge in [-0.2, -0.15) is 0 Å². The van der Waals surface area contributed by atoms with Crippen molar-refractivity contribution in [3.8, 4) is 0 Å². The molecule has 0 aromatic rings. The van der Waals surface area contributed by atoms with Crippen molar-refractivity contribution in [2.45, 2.75) is 44.9 Å². The third kappa shape index (κ3) is 4.37. The first-order valence-corrected chi connectivity index (χ1v) is 5.71. The van der Waals surface area contributed by atoms with E-state index in [1.165, 1.54) is 0 Å². The minimum atomic E-state index is -0.459. The van der Waals surface area contributed by atoms with Crippen LogP contribution in [0, 0.1) is 0 Å². The zero-order valence-electron chi connectivity index (χ0n) is 10.6. The Labute approximate surface area is 97.3 Å². The van der Waals surface area contributed by atoms with Gasteiger partial charge in [-0.25, -0.2) is 4.79 Å². The number of nitrogens with two attached hydrogens (primary N) is 1. The number of carbonyl (C=O) groups excluding carboxylic acids is 1. The Morgan fingerprint density at radius 1 is 1.50 bits per heavy atom. The summed E-state index contributed by atoms with van der Waals surface area (Å²) < 4.78 is 5.20. The molecule has 1 heterocycles. The molecule has 16 heavy (non-hydrogen) atoms. The normalized spacial score (nSPS) is 27.6. The lowest BCUT2D eigenvalue weighted by atomic mass is 10.0. The lowest BCUT2D eigenvalue weighted by Gasteiger charge is -2.35. The number of rotatable bonds is 1. The van der Waals surface area contributed by atoms with E-state index in [0.717, 1.165) is 19.5 Å². The highest BCUT2D eigenvalue weighted by Gasteiger charge is 2.27. The average Bonchev–Trinajstić information content (AvgIpc) is 2.06. The summed E-state index contributed by atoms with van der Waals surface area (Å²) in [6.45, 7) is 7.30. The molecule has 0 radical (unpaired) electrons. The first-order valence-electron chi connectivity index (χ1n) is 5.71. The molecule has 0 aromatic heterocycles. The molecule has 0 bridgehead atoms. The molecule has 1 aliphatic heterocycles. The smallest absolute Gasteiger partial charge is 0.407 e. The number of piperidine rings is 1. The van der Waals surface area contributed by atoms with Crippen LogP contribution >= 0.6 is 0 Å². The van der Waals surface area contributed by atoms with Gasteiger partial charge >= 0.3 is 6.09 Å². The standard InChI is InChI=1S/C11H23N3O2/c1-11(2,3)16-10(15)13-9-5-6-14(4)7-8(9)12/h8-9H,5-7,12H2,1-4H3,(H,13,15)/t8-,9-/m1/s1. The summed E-state index contributed by atoms with van der Waals surface area (Å²) in [6.07, 6.45) is 0.495. The lowest BCUT2D eigenvalue weighted by Crippen LogP contribution is -2.57. The van der Waals surface area contributed by atoms with Gasteiger partial charge in [-0.15, -0.1) is 0 Å². The van der Waals surface area contributed by atoms with Crippen LogP contribution in [0.4, 0.5) is 4.79 Å². The SMILES string of the molecule is CN1CC[C@@H](NC(=O)OC(C)(C)C)[C@H](N)C1. The average molecular weight is 229 g/mol. The summed E-state index contributed by atoms with van der Waals surface area (Å²) in [6, 6.07) is -0.00248. The molecular formula is C11H23N3O2. The molecule has 1 saturated heterocycles. The Bertz CT molecular complexity index is 250. The lowest BCUT2D eigenvalue weighted by molar-refractivity contribution is 0.0472. The van der Waals surface area contributed by atoms with Crippen molar-refractivity contribution < 1.29 is 9.53 Å². The Hall–Kier alpha value is -0.810. The van der Waals surface area contributed by atoms with Crippen molar-refractivity contribution in [1.82, 2.24) is 10.2 Å². The van der Waals surface area contributed by atoms with Gasteiger partial charge in [-0.1, -0.05) is 0 Å². The van der Waals surface area contributed by atoms with Crippen LogP contribution in [-0.4, -0.2) is 48.8 Å². The van der Waals surface area contributed by atoms with Crippen LogP contribution in [0.25, 0.3) is 0 Å². The van der Waals surface area contributed by atoms with Gasteiger partial charge in [0.15, 0.2) is 0 Å². The molecule has 2 atom stereocenters. The first-order chi connectivity index (χ1) is 7.28. The van der Waals surface area contributed by atoms with E-state index in [0.29, 0.717) is 0 Å². The second-order valence-electron chi connectivity index (χ2n) is 5.47. The molecule has 1 amide bonds. The van der Waals surface area contributed by atoms with E-state index >= 15 is 0 Å². The second kappa shape index (κ2) is 5.01.